The van der Waals surface area contributed by atoms with Crippen molar-refractivity contribution in [1.82, 2.24) is 6.15 Å². The number of primary amides is 2. The van der Waals surface area contributed by atoms with Crippen LogP contribution in [0.5, 0.6) is 0 Å². The fourth-order valence-electron chi connectivity index (χ4n) is 3.09. The molecular formula is C18H29N3O5S. The van der Waals surface area contributed by atoms with Crippen molar-refractivity contribution in [3.8, 4) is 0 Å². The number of carbonyl (C=O) groups is 2. The molecule has 1 rings (SSSR count). The Labute approximate surface area is 160 Å². The van der Waals surface area contributed by atoms with E-state index in [4.69, 9.17) is 11.5 Å². The second-order valence-electron chi connectivity index (χ2n) is 6.05. The van der Waals surface area contributed by atoms with Gasteiger partial charge in [-0.3, -0.25) is 9.59 Å². The van der Waals surface area contributed by atoms with Gasteiger partial charge in [-0.1, -0.05) is 37.1 Å². The van der Waals surface area contributed by atoms with Crippen molar-refractivity contribution in [2.24, 2.45) is 17.4 Å². The van der Waals surface area contributed by atoms with Crippen molar-refractivity contribution in [3.05, 3.63) is 41.0 Å². The van der Waals surface area contributed by atoms with Crippen LogP contribution in [0, 0.1) is 12.8 Å². The monoisotopic (exact) mass is 399 g/mol. The van der Waals surface area contributed by atoms with E-state index in [1.165, 1.54) is 12.1 Å². The Hall–Kier alpha value is -2.23. The lowest BCUT2D eigenvalue weighted by atomic mass is 9.88. The Morgan fingerprint density at radius 1 is 1.07 bits per heavy atom. The third-order valence-corrected chi connectivity index (χ3v) is 6.55. The first kappa shape index (κ1) is 24.8. The summed E-state index contributed by atoms with van der Waals surface area (Å²) in [6.45, 7) is 4.54. The summed E-state index contributed by atoms with van der Waals surface area (Å²) in [5.41, 5.74) is 12.2. The predicted molar refractivity (Wildman–Crippen MR) is 104 cm³/mol. The maximum atomic E-state index is 13.0. The highest BCUT2D eigenvalue weighted by Gasteiger charge is 2.41. The summed E-state index contributed by atoms with van der Waals surface area (Å²) < 4.78 is 26.1. The molecule has 2 unspecified atom stereocenters. The zero-order valence-corrected chi connectivity index (χ0v) is 16.8. The van der Waals surface area contributed by atoms with Gasteiger partial charge in [0, 0.05) is 11.5 Å². The van der Waals surface area contributed by atoms with Crippen molar-refractivity contribution in [3.63, 3.8) is 0 Å². The first-order chi connectivity index (χ1) is 12.1. The van der Waals surface area contributed by atoms with Gasteiger partial charge in [-0.25, -0.2) is 8.42 Å². The second kappa shape index (κ2) is 10.2. The molecular weight excluding hydrogens is 370 g/mol. The van der Waals surface area contributed by atoms with E-state index in [1.54, 1.807) is 32.9 Å². The molecule has 0 fully saturated rings. The normalized spacial score (nSPS) is 14.5. The van der Waals surface area contributed by atoms with Gasteiger partial charge in [0.2, 0.25) is 11.8 Å². The summed E-state index contributed by atoms with van der Waals surface area (Å²) in [5, 5.41) is 8.17. The van der Waals surface area contributed by atoms with Crippen LogP contribution >= 0.6 is 0 Å². The summed E-state index contributed by atoms with van der Waals surface area (Å²) in [6, 6.07) is 5.99. The number of amides is 2. The number of hydrogen-bond donors (Lipinski definition) is 4. The SMILES string of the molecule is CCC(C(N)=O)=C(CC)C(CO)C(C(N)=O)S(=O)(=O)c1ccc(C)cc1.N. The fraction of sp³-hybridized carbons (Fsp3) is 0.444. The molecule has 152 valence electrons. The van der Waals surface area contributed by atoms with Gasteiger partial charge >= 0.3 is 0 Å². The number of aliphatic hydroxyl groups is 1. The highest BCUT2D eigenvalue weighted by atomic mass is 32.2. The van der Waals surface area contributed by atoms with Gasteiger partial charge in [-0.2, -0.15) is 0 Å². The molecule has 8 nitrogen and oxygen atoms in total. The predicted octanol–water partition coefficient (Wildman–Crippen LogP) is 0.995. The smallest absolute Gasteiger partial charge is 0.244 e. The van der Waals surface area contributed by atoms with Crippen LogP contribution in [0.15, 0.2) is 40.3 Å². The number of sulfone groups is 1. The molecule has 27 heavy (non-hydrogen) atoms. The van der Waals surface area contributed by atoms with Crippen LogP contribution in [0.4, 0.5) is 0 Å². The minimum Gasteiger partial charge on any atom is -0.396 e. The first-order valence-corrected chi connectivity index (χ1v) is 9.88. The van der Waals surface area contributed by atoms with E-state index in [1.807, 2.05) is 0 Å². The zero-order valence-electron chi connectivity index (χ0n) is 15.9. The molecule has 0 aliphatic rings. The van der Waals surface area contributed by atoms with Gasteiger partial charge in [0.1, 0.15) is 0 Å². The lowest BCUT2D eigenvalue weighted by molar-refractivity contribution is -0.119. The molecule has 2 amide bonds. The number of rotatable bonds is 9. The molecule has 0 saturated carbocycles. The van der Waals surface area contributed by atoms with Crippen molar-refractivity contribution in [1.29, 1.82) is 0 Å². The van der Waals surface area contributed by atoms with Crippen molar-refractivity contribution in [2.45, 2.75) is 43.8 Å². The Morgan fingerprint density at radius 2 is 1.59 bits per heavy atom. The average molecular weight is 400 g/mol. The number of aliphatic hydroxyl groups excluding tert-OH is 1. The molecule has 0 saturated heterocycles. The quantitative estimate of drug-likeness (QED) is 0.450. The average Bonchev–Trinajstić information content (AvgIpc) is 2.57. The summed E-state index contributed by atoms with van der Waals surface area (Å²) in [4.78, 5) is 23.7. The van der Waals surface area contributed by atoms with Gasteiger partial charge < -0.3 is 22.7 Å². The highest BCUT2D eigenvalue weighted by molar-refractivity contribution is 7.92. The Kier molecular flexibility index (Phi) is 9.35. The Morgan fingerprint density at radius 3 is 1.93 bits per heavy atom. The van der Waals surface area contributed by atoms with Crippen LogP contribution in [0.2, 0.25) is 0 Å². The van der Waals surface area contributed by atoms with Gasteiger partial charge in [0.05, 0.1) is 11.5 Å². The molecule has 8 N–H and O–H groups in total. The minimum atomic E-state index is -4.17. The minimum absolute atomic E-state index is 0. The van der Waals surface area contributed by atoms with Gasteiger partial charge in [0.25, 0.3) is 0 Å². The largest absolute Gasteiger partial charge is 0.396 e. The molecule has 0 aromatic heterocycles. The summed E-state index contributed by atoms with van der Waals surface area (Å²) in [7, 11) is -4.17. The molecule has 0 bridgehead atoms. The number of hydrogen-bond acceptors (Lipinski definition) is 6. The summed E-state index contributed by atoms with van der Waals surface area (Å²) >= 11 is 0. The molecule has 0 spiro atoms. The fourth-order valence-corrected chi connectivity index (χ4v) is 4.89. The van der Waals surface area contributed by atoms with Crippen molar-refractivity contribution in [2.75, 3.05) is 6.61 Å². The van der Waals surface area contributed by atoms with E-state index in [0.29, 0.717) is 5.57 Å². The Bertz CT molecular complexity index is 801. The van der Waals surface area contributed by atoms with E-state index < -0.39 is 39.4 Å². The van der Waals surface area contributed by atoms with E-state index in [9.17, 15) is 23.1 Å². The third-order valence-electron chi connectivity index (χ3n) is 4.39. The second-order valence-corrected chi connectivity index (χ2v) is 8.11. The van der Waals surface area contributed by atoms with Gasteiger partial charge in [-0.15, -0.1) is 0 Å². The summed E-state index contributed by atoms with van der Waals surface area (Å²) in [6.07, 6.45) is 0.510. The van der Waals surface area contributed by atoms with E-state index in [-0.39, 0.29) is 29.5 Å². The zero-order chi connectivity index (χ0) is 20.1. The van der Waals surface area contributed by atoms with Crippen molar-refractivity contribution >= 4 is 21.7 Å². The van der Waals surface area contributed by atoms with Crippen LogP contribution in [-0.4, -0.2) is 37.2 Å². The van der Waals surface area contributed by atoms with E-state index in [2.05, 4.69) is 0 Å². The molecule has 0 aliphatic heterocycles. The van der Waals surface area contributed by atoms with Crippen LogP contribution < -0.4 is 17.6 Å². The maximum Gasteiger partial charge on any atom is 0.244 e. The van der Waals surface area contributed by atoms with Crippen LogP contribution in [0.25, 0.3) is 0 Å². The molecule has 9 heteroatoms. The lowest BCUT2D eigenvalue weighted by Gasteiger charge is -2.27. The molecule has 2 atom stereocenters. The van der Waals surface area contributed by atoms with E-state index >= 15 is 0 Å². The van der Waals surface area contributed by atoms with Crippen molar-refractivity contribution < 1.29 is 23.1 Å². The standard InChI is InChI=1S/C18H26N2O5S.H3N/c1-4-13(14(5-2)17(19)22)15(10-21)16(18(20)23)26(24,25)12-8-6-11(3)7-9-12;/h6-9,15-16,21H,4-5,10H2,1-3H3,(H2,19,22)(H2,20,23);1H3. The topological polar surface area (TPSA) is 176 Å². The number of nitrogens with two attached hydrogens (primary N) is 2. The molecule has 0 radical (unpaired) electrons. The van der Waals surface area contributed by atoms with Crippen LogP contribution in [-0.2, 0) is 19.4 Å². The molecule has 0 aliphatic carbocycles. The first-order valence-electron chi connectivity index (χ1n) is 8.34. The number of aryl methyl sites for hydroxylation is 1. The molecule has 0 heterocycles. The number of benzene rings is 1. The molecule has 1 aromatic carbocycles. The summed E-state index contributed by atoms with van der Waals surface area (Å²) in [5.74, 6) is -2.94. The number of carbonyl (C=O) groups excluding carboxylic acids is 2. The van der Waals surface area contributed by atoms with E-state index in [0.717, 1.165) is 5.56 Å². The highest BCUT2D eigenvalue weighted by Crippen LogP contribution is 2.31. The van der Waals surface area contributed by atoms with Gasteiger partial charge in [0.15, 0.2) is 15.1 Å². The van der Waals surface area contributed by atoms with Gasteiger partial charge in [-0.05, 0) is 31.9 Å². The Balaban J connectivity index is 0.00000676. The lowest BCUT2D eigenvalue weighted by Crippen LogP contribution is -2.44. The maximum absolute atomic E-state index is 13.0. The van der Waals surface area contributed by atoms with Crippen LogP contribution in [0.3, 0.4) is 0 Å². The molecule has 1 aromatic rings. The van der Waals surface area contributed by atoms with Crippen LogP contribution in [0.1, 0.15) is 32.3 Å². The third kappa shape index (κ3) is 5.38.